The number of nitrogens with zero attached hydrogens (tertiary/aromatic N) is 6. The SMILES string of the molecule is Cc1ccc2c3ccc(C)cc3n(-c3cc(-c4cccc(-c5cc(CC(C)(C)c6ccc7c(c6)c6ccccc6n7-c6cc(-c7cccc(-c8ccccc8-c8ccccc8)n7)cc(-n7c8ccccc8c8cc(C(C)(C)C)ccc87)c6C(F)(F)F)ccc5-c5ccccc5)n4)cc(-n4c5cc(C)ccc5c5ccc(C)cc54)c3C(F)(F)F)c2c1. The van der Waals surface area contributed by atoms with Crippen molar-refractivity contribution < 1.29 is 26.3 Å². The number of hydrogen-bond donors (Lipinski definition) is 0. The third-order valence-electron chi connectivity index (χ3n) is 24.3. The van der Waals surface area contributed by atoms with Crippen LogP contribution in [0.3, 0.4) is 0 Å². The summed E-state index contributed by atoms with van der Waals surface area (Å²) in [6.45, 7) is 18.7. The number of fused-ring (bicyclic) bond motifs is 12. The molecule has 14 aromatic carbocycles. The molecule has 0 saturated heterocycles. The van der Waals surface area contributed by atoms with Crippen LogP contribution in [0, 0.1) is 27.7 Å². The summed E-state index contributed by atoms with van der Waals surface area (Å²) in [5.74, 6) is 0. The average Bonchev–Trinajstić information content (AvgIpc) is 1.54. The van der Waals surface area contributed by atoms with Gasteiger partial charge in [-0.05, 0) is 221 Å². The minimum atomic E-state index is -4.91. The molecular weight excluding hydrogens is 1500 g/mol. The summed E-state index contributed by atoms with van der Waals surface area (Å²) < 4.78 is 111. The van der Waals surface area contributed by atoms with Gasteiger partial charge in [0.15, 0.2) is 0 Å². The van der Waals surface area contributed by atoms with Gasteiger partial charge in [-0.1, -0.05) is 241 Å². The Morgan fingerprint density at radius 2 is 0.592 bits per heavy atom. The highest BCUT2D eigenvalue weighted by atomic mass is 19.4. The van der Waals surface area contributed by atoms with Gasteiger partial charge < -0.3 is 18.3 Å². The lowest BCUT2D eigenvalue weighted by Crippen LogP contribution is -2.20. The van der Waals surface area contributed by atoms with Crippen LogP contribution in [0.2, 0.25) is 0 Å². The Labute approximate surface area is 691 Å². The van der Waals surface area contributed by atoms with Crippen molar-refractivity contribution in [1.29, 1.82) is 0 Å². The zero-order valence-electron chi connectivity index (χ0n) is 67.8. The maximum atomic E-state index is 17.4. The summed E-state index contributed by atoms with van der Waals surface area (Å²) in [6, 6.07) is 105. The number of benzene rings is 14. The van der Waals surface area contributed by atoms with Gasteiger partial charge in [-0.3, -0.25) is 0 Å². The monoisotopic (exact) mass is 1580 g/mol. The number of aryl methyl sites for hydroxylation is 4. The zero-order valence-corrected chi connectivity index (χ0v) is 67.8. The number of alkyl halides is 6. The molecule has 0 atom stereocenters. The largest absolute Gasteiger partial charge is 0.420 e. The van der Waals surface area contributed by atoms with Gasteiger partial charge in [-0.15, -0.1) is 0 Å². The fourth-order valence-electron chi connectivity index (χ4n) is 18.6. The standard InChI is InChI=1S/C108H82F6N6/c1-64-38-45-80-81-46-39-65(2)53-96(81)119(95(80)52-64)101-59-72(60-102(104(101)108(112,113)114)120-97-54-66(3)40-47-82(97)83-48-41-67(4)55-98(83)120)88-33-23-35-90(116-88)84-56-68(42-49-76(84)70-26-14-11-15-27-70)63-106(8,9)74-44-51-94-86(62-74)79-31-19-21-37-92(79)118(94)100-58-71(87-32-22-34-89(115-87)77-29-17-16-28-75(77)69-24-12-10-13-25-69)57-99(103(100)107(109,110)111)117-91-36-20-18-30-78(91)85-61-73(105(5,6)7)43-50-93(85)117/h10-62H,63H2,1-9H3. The number of pyridine rings is 2. The smallest absolute Gasteiger partial charge is 0.309 e. The predicted molar refractivity (Wildman–Crippen MR) is 483 cm³/mol. The molecule has 0 saturated carbocycles. The van der Waals surface area contributed by atoms with Crippen molar-refractivity contribution in [1.82, 2.24) is 28.2 Å². The molecule has 0 amide bonds. The van der Waals surface area contributed by atoms with Crippen LogP contribution in [0.15, 0.2) is 322 Å². The Hall–Kier alpha value is -13.8. The van der Waals surface area contributed by atoms with Gasteiger partial charge >= 0.3 is 12.4 Å². The van der Waals surface area contributed by atoms with Gasteiger partial charge in [0.25, 0.3) is 0 Å². The zero-order chi connectivity index (χ0) is 82.6. The molecule has 12 heteroatoms. The summed E-state index contributed by atoms with van der Waals surface area (Å²) in [4.78, 5) is 11.0. The molecule has 0 unspecified atom stereocenters. The Kier molecular flexibility index (Phi) is 17.6. The van der Waals surface area contributed by atoms with Crippen LogP contribution in [0.25, 0.3) is 177 Å². The molecule has 0 aliphatic rings. The number of para-hydroxylation sites is 2. The van der Waals surface area contributed by atoms with Crippen molar-refractivity contribution >= 4 is 87.2 Å². The van der Waals surface area contributed by atoms with Crippen LogP contribution in [-0.4, -0.2) is 28.2 Å². The minimum absolute atomic E-state index is 0.0261. The molecule has 0 radical (unpaired) electrons. The van der Waals surface area contributed by atoms with E-state index in [9.17, 15) is 0 Å². The minimum Gasteiger partial charge on any atom is -0.309 e. The molecule has 0 fully saturated rings. The van der Waals surface area contributed by atoms with E-state index >= 15 is 26.3 Å². The van der Waals surface area contributed by atoms with E-state index in [0.717, 1.165) is 115 Å². The van der Waals surface area contributed by atoms with Gasteiger partial charge in [0, 0.05) is 65.3 Å². The van der Waals surface area contributed by atoms with Gasteiger partial charge in [0.2, 0.25) is 0 Å². The van der Waals surface area contributed by atoms with Crippen molar-refractivity contribution in [2.24, 2.45) is 0 Å². The first-order valence-electron chi connectivity index (χ1n) is 40.7. The number of hydrogen-bond acceptors (Lipinski definition) is 2. The summed E-state index contributed by atoms with van der Waals surface area (Å²) in [5.41, 5.74) is 17.9. The summed E-state index contributed by atoms with van der Waals surface area (Å²) in [7, 11) is 0. The molecule has 0 aliphatic heterocycles. The second-order valence-corrected chi connectivity index (χ2v) is 34.0. The van der Waals surface area contributed by atoms with Gasteiger partial charge in [-0.2, -0.15) is 26.3 Å². The highest BCUT2D eigenvalue weighted by Gasteiger charge is 2.42. The Morgan fingerprint density at radius 1 is 0.250 bits per heavy atom. The maximum absolute atomic E-state index is 17.4. The lowest BCUT2D eigenvalue weighted by atomic mass is 9.78. The van der Waals surface area contributed by atoms with E-state index in [1.807, 2.05) is 267 Å². The number of aromatic nitrogens is 6. The van der Waals surface area contributed by atoms with E-state index in [1.54, 1.807) is 33.4 Å². The van der Waals surface area contributed by atoms with Crippen LogP contribution in [-0.2, 0) is 29.6 Å². The second kappa shape index (κ2) is 28.2. The molecule has 120 heavy (non-hydrogen) atoms. The summed E-state index contributed by atoms with van der Waals surface area (Å²) >= 11 is 0. The third-order valence-corrected chi connectivity index (χ3v) is 24.3. The molecule has 6 nitrogen and oxygen atoms in total. The highest BCUT2D eigenvalue weighted by Crippen LogP contribution is 2.51. The molecule has 20 rings (SSSR count). The van der Waals surface area contributed by atoms with Crippen molar-refractivity contribution in [2.45, 2.75) is 91.9 Å². The Bertz CT molecular complexity index is 7320. The average molecular weight is 1580 g/mol. The Morgan fingerprint density at radius 3 is 1.02 bits per heavy atom. The predicted octanol–water partition coefficient (Wildman–Crippen LogP) is 30.0. The van der Waals surface area contributed by atoms with Crippen molar-refractivity contribution in [2.75, 3.05) is 0 Å². The molecule has 0 spiro atoms. The molecule has 0 aliphatic carbocycles. The van der Waals surface area contributed by atoms with Crippen LogP contribution >= 0.6 is 0 Å². The number of halogens is 6. The fraction of sp³-hybridized carbons (Fsp3) is 0.130. The molecular formula is C108H82F6N6. The second-order valence-electron chi connectivity index (χ2n) is 34.0. The maximum Gasteiger partial charge on any atom is 0.420 e. The molecule has 586 valence electrons. The van der Waals surface area contributed by atoms with E-state index in [4.69, 9.17) is 9.97 Å². The molecule has 0 bridgehead atoms. The van der Waals surface area contributed by atoms with Crippen LogP contribution in [0.5, 0.6) is 0 Å². The molecule has 20 aromatic rings. The lowest BCUT2D eigenvalue weighted by molar-refractivity contribution is -0.138. The number of rotatable bonds is 13. The lowest BCUT2D eigenvalue weighted by Gasteiger charge is -2.27. The first-order chi connectivity index (χ1) is 57.8. The van der Waals surface area contributed by atoms with Crippen molar-refractivity contribution in [3.8, 4) is 90.0 Å². The van der Waals surface area contributed by atoms with Gasteiger partial charge in [0.05, 0.1) is 89.7 Å². The van der Waals surface area contributed by atoms with Gasteiger partial charge in [0.1, 0.15) is 11.1 Å². The van der Waals surface area contributed by atoms with E-state index in [2.05, 4.69) is 101 Å². The molecule has 6 heterocycles. The van der Waals surface area contributed by atoms with Crippen LogP contribution in [0.1, 0.15) is 84.7 Å². The van der Waals surface area contributed by atoms with E-state index in [1.165, 1.54) is 0 Å². The highest BCUT2D eigenvalue weighted by molar-refractivity contribution is 6.14. The quantitative estimate of drug-likeness (QED) is 0.108. The topological polar surface area (TPSA) is 45.5 Å². The van der Waals surface area contributed by atoms with E-state index in [-0.39, 0.29) is 28.2 Å². The molecule has 6 aromatic heterocycles. The summed E-state index contributed by atoms with van der Waals surface area (Å²) in [6.07, 6.45) is -9.26. The third kappa shape index (κ3) is 12.7. The molecule has 0 N–H and O–H groups in total. The van der Waals surface area contributed by atoms with Crippen LogP contribution in [0.4, 0.5) is 26.3 Å². The first-order valence-corrected chi connectivity index (χ1v) is 40.7. The van der Waals surface area contributed by atoms with Crippen LogP contribution < -0.4 is 0 Å². The van der Waals surface area contributed by atoms with Crippen molar-refractivity contribution in [3.63, 3.8) is 0 Å². The summed E-state index contributed by atoms with van der Waals surface area (Å²) in [5, 5.41) is 6.59. The normalized spacial score (nSPS) is 12.5. The van der Waals surface area contributed by atoms with Crippen molar-refractivity contribution in [3.05, 3.63) is 372 Å². The van der Waals surface area contributed by atoms with Gasteiger partial charge in [-0.25, -0.2) is 9.97 Å². The van der Waals surface area contributed by atoms with E-state index in [0.29, 0.717) is 84.5 Å². The first kappa shape index (κ1) is 74.9. The Balaban J connectivity index is 0.748. The van der Waals surface area contributed by atoms with E-state index < -0.39 is 28.9 Å². The fourth-order valence-corrected chi connectivity index (χ4v) is 18.6.